The van der Waals surface area contributed by atoms with Gasteiger partial charge in [-0.25, -0.2) is 4.39 Å². The highest BCUT2D eigenvalue weighted by Gasteiger charge is 2.17. The Bertz CT molecular complexity index is 554. The second-order valence-electron chi connectivity index (χ2n) is 3.83. The molecular weight excluding hydrogens is 276 g/mol. The van der Waals surface area contributed by atoms with Gasteiger partial charge in [-0.3, -0.25) is 0 Å². The Balaban J connectivity index is 2.56. The summed E-state index contributed by atoms with van der Waals surface area (Å²) in [5.74, 6) is 0.861. The summed E-state index contributed by atoms with van der Waals surface area (Å²) in [6, 6.07) is 4.82. The molecule has 0 fully saturated rings. The number of aromatic nitrogens is 3. The molecule has 0 unspecified atom stereocenters. The van der Waals surface area contributed by atoms with Crippen molar-refractivity contribution in [3.05, 3.63) is 34.9 Å². The van der Waals surface area contributed by atoms with Gasteiger partial charge in [0.15, 0.2) is 11.6 Å². The highest BCUT2D eigenvalue weighted by molar-refractivity contribution is 6.31. The van der Waals surface area contributed by atoms with Gasteiger partial charge < -0.3 is 4.57 Å². The van der Waals surface area contributed by atoms with E-state index in [1.807, 2.05) is 11.5 Å². The summed E-state index contributed by atoms with van der Waals surface area (Å²) in [7, 11) is 0. The number of hydrogen-bond donors (Lipinski definition) is 0. The van der Waals surface area contributed by atoms with E-state index in [4.69, 9.17) is 23.2 Å². The van der Waals surface area contributed by atoms with Gasteiger partial charge in [0, 0.05) is 6.54 Å². The third-order valence-electron chi connectivity index (χ3n) is 2.59. The Hall–Kier alpha value is -1.13. The van der Waals surface area contributed by atoms with E-state index in [0.717, 1.165) is 6.42 Å². The Morgan fingerprint density at radius 2 is 2.11 bits per heavy atom. The molecule has 0 spiro atoms. The summed E-state index contributed by atoms with van der Waals surface area (Å²) in [6.45, 7) is 2.71. The van der Waals surface area contributed by atoms with E-state index in [2.05, 4.69) is 10.2 Å². The zero-order valence-corrected chi connectivity index (χ0v) is 11.3. The maximum Gasteiger partial charge on any atom is 0.167 e. The number of rotatable bonds is 4. The Morgan fingerprint density at radius 1 is 1.33 bits per heavy atom. The predicted octanol–water partition coefficient (Wildman–Crippen LogP) is 3.89. The molecule has 0 saturated carbocycles. The van der Waals surface area contributed by atoms with Crippen LogP contribution in [0.4, 0.5) is 4.39 Å². The van der Waals surface area contributed by atoms with Gasteiger partial charge in [0.25, 0.3) is 0 Å². The fourth-order valence-corrected chi connectivity index (χ4v) is 2.14. The van der Waals surface area contributed by atoms with Crippen LogP contribution in [0.5, 0.6) is 0 Å². The van der Waals surface area contributed by atoms with E-state index < -0.39 is 5.82 Å². The lowest BCUT2D eigenvalue weighted by molar-refractivity contribution is 0.621. The molecule has 1 aromatic heterocycles. The van der Waals surface area contributed by atoms with Gasteiger partial charge in [0.1, 0.15) is 5.82 Å². The predicted molar refractivity (Wildman–Crippen MR) is 70.3 cm³/mol. The highest BCUT2D eigenvalue weighted by Crippen LogP contribution is 2.27. The average molecular weight is 288 g/mol. The van der Waals surface area contributed by atoms with Crippen LogP contribution < -0.4 is 0 Å². The fourth-order valence-electron chi connectivity index (χ4n) is 1.77. The molecule has 0 aliphatic carbocycles. The standard InChI is InChI=1S/C12H12Cl2FN3/c1-2-6-18-10(7-13)16-17-12(18)8-4-3-5-9(14)11(8)15/h3-5H,2,6-7H2,1H3. The van der Waals surface area contributed by atoms with Crippen molar-refractivity contribution in [3.63, 3.8) is 0 Å². The summed E-state index contributed by atoms with van der Waals surface area (Å²) >= 11 is 11.6. The summed E-state index contributed by atoms with van der Waals surface area (Å²) in [6.07, 6.45) is 0.886. The first-order valence-electron chi connectivity index (χ1n) is 5.61. The minimum Gasteiger partial charge on any atom is -0.310 e. The molecule has 0 amide bonds. The normalized spacial score (nSPS) is 10.9. The third-order valence-corrected chi connectivity index (χ3v) is 3.12. The van der Waals surface area contributed by atoms with Crippen molar-refractivity contribution in [2.75, 3.05) is 0 Å². The Kier molecular flexibility index (Phi) is 4.19. The molecule has 0 aliphatic rings. The molecule has 0 N–H and O–H groups in total. The second-order valence-corrected chi connectivity index (χ2v) is 4.50. The lowest BCUT2D eigenvalue weighted by Gasteiger charge is -2.08. The molecule has 2 rings (SSSR count). The number of benzene rings is 1. The first kappa shape index (κ1) is 13.3. The minimum atomic E-state index is -0.481. The van der Waals surface area contributed by atoms with Crippen molar-refractivity contribution in [2.24, 2.45) is 0 Å². The molecule has 1 heterocycles. The highest BCUT2D eigenvalue weighted by atomic mass is 35.5. The lowest BCUT2D eigenvalue weighted by atomic mass is 10.2. The molecule has 18 heavy (non-hydrogen) atoms. The summed E-state index contributed by atoms with van der Waals surface area (Å²) < 4.78 is 15.8. The third kappa shape index (κ3) is 2.35. The maximum absolute atomic E-state index is 14.0. The molecule has 0 bridgehead atoms. The van der Waals surface area contributed by atoms with Gasteiger partial charge in [-0.2, -0.15) is 0 Å². The quantitative estimate of drug-likeness (QED) is 0.799. The zero-order valence-electron chi connectivity index (χ0n) is 9.83. The number of halogens is 3. The average Bonchev–Trinajstić information content (AvgIpc) is 2.76. The van der Waals surface area contributed by atoms with Crippen LogP contribution in [0.25, 0.3) is 11.4 Å². The Morgan fingerprint density at radius 3 is 2.78 bits per heavy atom. The van der Waals surface area contributed by atoms with E-state index in [9.17, 15) is 4.39 Å². The largest absolute Gasteiger partial charge is 0.310 e. The van der Waals surface area contributed by atoms with Crippen LogP contribution in [0.1, 0.15) is 19.2 Å². The molecule has 96 valence electrons. The Labute approximate surface area is 115 Å². The van der Waals surface area contributed by atoms with Gasteiger partial charge in [-0.15, -0.1) is 21.8 Å². The second kappa shape index (κ2) is 5.67. The van der Waals surface area contributed by atoms with Crippen LogP contribution in [0.2, 0.25) is 5.02 Å². The minimum absolute atomic E-state index is 0.0750. The van der Waals surface area contributed by atoms with Gasteiger partial charge in [-0.05, 0) is 18.6 Å². The number of nitrogens with zero attached hydrogens (tertiary/aromatic N) is 3. The maximum atomic E-state index is 14.0. The van der Waals surface area contributed by atoms with Crippen LogP contribution in [0, 0.1) is 5.82 Å². The lowest BCUT2D eigenvalue weighted by Crippen LogP contribution is -2.04. The van der Waals surface area contributed by atoms with Gasteiger partial charge >= 0.3 is 0 Å². The van der Waals surface area contributed by atoms with Crippen LogP contribution in [0.15, 0.2) is 18.2 Å². The topological polar surface area (TPSA) is 30.7 Å². The van der Waals surface area contributed by atoms with Gasteiger partial charge in [0.05, 0.1) is 16.5 Å². The van der Waals surface area contributed by atoms with Crippen LogP contribution in [-0.4, -0.2) is 14.8 Å². The molecule has 2 aromatic rings. The van der Waals surface area contributed by atoms with Crippen molar-refractivity contribution in [1.82, 2.24) is 14.8 Å². The molecule has 3 nitrogen and oxygen atoms in total. The van der Waals surface area contributed by atoms with Gasteiger partial charge in [0.2, 0.25) is 0 Å². The van der Waals surface area contributed by atoms with Crippen molar-refractivity contribution >= 4 is 23.2 Å². The van der Waals surface area contributed by atoms with Crippen LogP contribution in [-0.2, 0) is 12.4 Å². The van der Waals surface area contributed by atoms with Crippen molar-refractivity contribution in [2.45, 2.75) is 25.8 Å². The van der Waals surface area contributed by atoms with E-state index in [1.165, 1.54) is 6.07 Å². The smallest absolute Gasteiger partial charge is 0.167 e. The van der Waals surface area contributed by atoms with Crippen molar-refractivity contribution in [1.29, 1.82) is 0 Å². The van der Waals surface area contributed by atoms with E-state index in [-0.39, 0.29) is 10.9 Å². The summed E-state index contributed by atoms with van der Waals surface area (Å²) in [5.41, 5.74) is 0.347. The molecule has 1 aromatic carbocycles. The fraction of sp³-hybridized carbons (Fsp3) is 0.333. The van der Waals surface area contributed by atoms with E-state index >= 15 is 0 Å². The SMILES string of the molecule is CCCn1c(CCl)nnc1-c1cccc(Cl)c1F. The molecule has 6 heteroatoms. The number of hydrogen-bond acceptors (Lipinski definition) is 2. The van der Waals surface area contributed by atoms with Crippen molar-refractivity contribution in [3.8, 4) is 11.4 Å². The summed E-state index contributed by atoms with van der Waals surface area (Å²) in [4.78, 5) is 0. The molecule has 0 saturated heterocycles. The molecule has 0 aliphatic heterocycles. The van der Waals surface area contributed by atoms with Gasteiger partial charge in [-0.1, -0.05) is 24.6 Å². The molecular formula is C12H12Cl2FN3. The van der Waals surface area contributed by atoms with Crippen molar-refractivity contribution < 1.29 is 4.39 Å². The van der Waals surface area contributed by atoms with E-state index in [0.29, 0.717) is 23.8 Å². The van der Waals surface area contributed by atoms with Crippen LogP contribution in [0.3, 0.4) is 0 Å². The first-order chi connectivity index (χ1) is 8.69. The molecule has 0 atom stereocenters. The van der Waals surface area contributed by atoms with Crippen LogP contribution >= 0.6 is 23.2 Å². The first-order valence-corrected chi connectivity index (χ1v) is 6.52. The summed E-state index contributed by atoms with van der Waals surface area (Å²) in [5, 5.41) is 8.05. The zero-order chi connectivity index (χ0) is 13.1. The molecule has 0 radical (unpaired) electrons. The monoisotopic (exact) mass is 287 g/mol. The number of alkyl halides is 1. The van der Waals surface area contributed by atoms with E-state index in [1.54, 1.807) is 12.1 Å².